The minimum absolute atomic E-state index is 0.0833. The highest BCUT2D eigenvalue weighted by atomic mass is 16.7. The van der Waals surface area contributed by atoms with Crippen LogP contribution < -0.4 is 14.5 Å². The second-order valence-corrected chi connectivity index (χ2v) is 6.89. The summed E-state index contributed by atoms with van der Waals surface area (Å²) in [6.45, 7) is 4.84. The van der Waals surface area contributed by atoms with Gasteiger partial charge < -0.3 is 24.4 Å². The van der Waals surface area contributed by atoms with E-state index in [4.69, 9.17) is 9.47 Å². The number of phenols is 1. The molecule has 8 heteroatoms. The van der Waals surface area contributed by atoms with Crippen LogP contribution in [0.2, 0.25) is 0 Å². The Kier molecular flexibility index (Phi) is 4.83. The van der Waals surface area contributed by atoms with Crippen LogP contribution in [0, 0.1) is 10.1 Å². The molecule has 2 heterocycles. The fraction of sp³-hybridized carbons (Fsp3) is 0.368. The Hall–Kier alpha value is -2.84. The normalized spacial score (nSPS) is 17.3. The number of hydrogen-bond donors (Lipinski definition) is 2. The highest BCUT2D eigenvalue weighted by Gasteiger charge is 2.26. The second kappa shape index (κ2) is 7.42. The van der Waals surface area contributed by atoms with Crippen LogP contribution in [0.25, 0.3) is 0 Å². The van der Waals surface area contributed by atoms with Gasteiger partial charge in [0.1, 0.15) is 18.0 Å². The number of nitro groups is 1. The molecule has 0 atom stereocenters. The average Bonchev–Trinajstić information content (AvgIpc) is 2.69. The van der Waals surface area contributed by atoms with Crippen LogP contribution in [0.3, 0.4) is 0 Å². The summed E-state index contributed by atoms with van der Waals surface area (Å²) < 4.78 is 10.9. The van der Waals surface area contributed by atoms with Crippen LogP contribution in [0.4, 0.5) is 11.4 Å². The number of phenolic OH excluding ortho intramolecular Hbond substituents is 1. The van der Waals surface area contributed by atoms with Crippen LogP contribution in [-0.4, -0.2) is 43.0 Å². The van der Waals surface area contributed by atoms with E-state index in [1.807, 2.05) is 12.1 Å². The zero-order valence-electron chi connectivity index (χ0n) is 14.9. The molecule has 0 amide bonds. The van der Waals surface area contributed by atoms with Gasteiger partial charge in [0.15, 0.2) is 6.79 Å². The summed E-state index contributed by atoms with van der Waals surface area (Å²) in [4.78, 5) is 14.5. The molecule has 0 bridgehead atoms. The van der Waals surface area contributed by atoms with Gasteiger partial charge in [-0.15, -0.1) is 0 Å². The van der Waals surface area contributed by atoms with E-state index in [1.54, 1.807) is 18.2 Å². The monoisotopic (exact) mass is 372 g/mol. The molecule has 2 N–H and O–H groups in total. The number of hydrogen-bond acceptors (Lipinski definition) is 6. The first-order valence-electron chi connectivity index (χ1n) is 8.98. The molecule has 8 nitrogen and oxygen atoms in total. The van der Waals surface area contributed by atoms with Crippen LogP contribution >= 0.6 is 0 Å². The van der Waals surface area contributed by atoms with E-state index < -0.39 is 0 Å². The fourth-order valence-electron chi connectivity index (χ4n) is 3.71. The number of benzene rings is 2. The molecular weight excluding hydrogens is 350 g/mol. The Bertz CT molecular complexity index is 832. The van der Waals surface area contributed by atoms with Gasteiger partial charge in [0, 0.05) is 23.4 Å². The first-order chi connectivity index (χ1) is 13.1. The van der Waals surface area contributed by atoms with E-state index in [2.05, 4.69) is 4.90 Å². The van der Waals surface area contributed by atoms with Crippen molar-refractivity contribution in [2.24, 2.45) is 0 Å². The Balaban J connectivity index is 1.46. The zero-order valence-corrected chi connectivity index (χ0v) is 14.9. The molecule has 0 aliphatic carbocycles. The van der Waals surface area contributed by atoms with E-state index in [-0.39, 0.29) is 23.2 Å². The highest BCUT2D eigenvalue weighted by Crippen LogP contribution is 2.32. The average molecular weight is 372 g/mol. The number of nitro benzene ring substituents is 1. The Morgan fingerprint density at radius 1 is 1.19 bits per heavy atom. The molecule has 1 saturated heterocycles. The maximum absolute atomic E-state index is 11.2. The standard InChI is InChI=1S/C19H21N3O5/c23-18-3-1-16(2-4-18)21-7-5-20(6-8-21)11-14-9-17(22(24)25)10-15-12-26-13-27-19(14)15/h1-4,9-10,23H,5-8,11-13H2/p+1. The number of aromatic hydroxyl groups is 1. The summed E-state index contributed by atoms with van der Waals surface area (Å²) in [7, 11) is 0. The van der Waals surface area contributed by atoms with E-state index >= 15 is 0 Å². The summed E-state index contributed by atoms with van der Waals surface area (Å²) in [6.07, 6.45) is 0. The lowest BCUT2D eigenvalue weighted by Crippen LogP contribution is -3.13. The third-order valence-electron chi connectivity index (χ3n) is 5.11. The van der Waals surface area contributed by atoms with E-state index in [0.29, 0.717) is 13.2 Å². The molecule has 2 aromatic carbocycles. The Morgan fingerprint density at radius 2 is 1.93 bits per heavy atom. The van der Waals surface area contributed by atoms with Gasteiger partial charge in [-0.2, -0.15) is 0 Å². The lowest BCUT2D eigenvalue weighted by Gasteiger charge is -2.34. The first-order valence-corrected chi connectivity index (χ1v) is 8.98. The van der Waals surface area contributed by atoms with Gasteiger partial charge in [0.2, 0.25) is 0 Å². The molecule has 4 rings (SSSR count). The Labute approximate surface area is 156 Å². The quantitative estimate of drug-likeness (QED) is 0.617. The number of piperazine rings is 1. The van der Waals surface area contributed by atoms with Crippen molar-refractivity contribution in [3.63, 3.8) is 0 Å². The van der Waals surface area contributed by atoms with Gasteiger partial charge in [-0.3, -0.25) is 10.1 Å². The van der Waals surface area contributed by atoms with Gasteiger partial charge in [0.25, 0.3) is 5.69 Å². The maximum Gasteiger partial charge on any atom is 0.270 e. The smallest absolute Gasteiger partial charge is 0.270 e. The van der Waals surface area contributed by atoms with Crippen molar-refractivity contribution >= 4 is 11.4 Å². The lowest BCUT2D eigenvalue weighted by molar-refractivity contribution is -0.914. The van der Waals surface area contributed by atoms with Crippen molar-refractivity contribution in [1.29, 1.82) is 0 Å². The SMILES string of the molecule is O=[N+]([O-])c1cc2c(c(C[NH+]3CCN(c4ccc(O)cc4)CC3)c1)OCOC2. The number of non-ortho nitro benzene ring substituents is 1. The van der Waals surface area contributed by atoms with E-state index in [1.165, 1.54) is 11.0 Å². The molecule has 0 radical (unpaired) electrons. The first kappa shape index (κ1) is 17.6. The minimum Gasteiger partial charge on any atom is -0.508 e. The summed E-state index contributed by atoms with van der Waals surface area (Å²) in [5, 5.41) is 20.7. The molecule has 2 aromatic rings. The van der Waals surface area contributed by atoms with Crippen LogP contribution in [0.1, 0.15) is 11.1 Å². The summed E-state index contributed by atoms with van der Waals surface area (Å²) in [5.41, 5.74) is 2.79. The Morgan fingerprint density at radius 3 is 2.63 bits per heavy atom. The molecule has 0 saturated carbocycles. The number of fused-ring (bicyclic) bond motifs is 1. The number of nitrogens with one attached hydrogen (secondary N) is 1. The van der Waals surface area contributed by atoms with Gasteiger partial charge in [-0.25, -0.2) is 0 Å². The number of rotatable bonds is 4. The van der Waals surface area contributed by atoms with E-state index in [0.717, 1.165) is 48.7 Å². The number of ether oxygens (including phenoxy) is 2. The number of nitrogens with zero attached hydrogens (tertiary/aromatic N) is 2. The fourth-order valence-corrected chi connectivity index (χ4v) is 3.71. The van der Waals surface area contributed by atoms with Crippen LogP contribution in [-0.2, 0) is 17.9 Å². The van der Waals surface area contributed by atoms with Gasteiger partial charge in [0.05, 0.1) is 43.3 Å². The largest absolute Gasteiger partial charge is 0.508 e. The van der Waals surface area contributed by atoms with Crippen molar-refractivity contribution in [1.82, 2.24) is 0 Å². The number of quaternary nitrogens is 1. The zero-order chi connectivity index (χ0) is 18.8. The third kappa shape index (κ3) is 3.81. The summed E-state index contributed by atoms with van der Waals surface area (Å²) >= 11 is 0. The number of anilines is 1. The molecule has 142 valence electrons. The maximum atomic E-state index is 11.2. The van der Waals surface area contributed by atoms with Gasteiger partial charge >= 0.3 is 0 Å². The van der Waals surface area contributed by atoms with Crippen molar-refractivity contribution < 1.29 is 24.4 Å². The van der Waals surface area contributed by atoms with Gasteiger partial charge in [-0.05, 0) is 24.3 Å². The predicted octanol–water partition coefficient (Wildman–Crippen LogP) is 1.07. The molecular formula is C19H22N3O5+. The molecule has 2 aliphatic rings. The summed E-state index contributed by atoms with van der Waals surface area (Å²) in [5.74, 6) is 1.00. The van der Waals surface area contributed by atoms with Crippen LogP contribution in [0.5, 0.6) is 11.5 Å². The van der Waals surface area contributed by atoms with Crippen LogP contribution in [0.15, 0.2) is 36.4 Å². The van der Waals surface area contributed by atoms with E-state index in [9.17, 15) is 15.2 Å². The van der Waals surface area contributed by atoms with Crippen molar-refractivity contribution in [2.75, 3.05) is 37.9 Å². The van der Waals surface area contributed by atoms with Crippen molar-refractivity contribution in [3.8, 4) is 11.5 Å². The van der Waals surface area contributed by atoms with Crippen molar-refractivity contribution in [2.45, 2.75) is 13.2 Å². The highest BCUT2D eigenvalue weighted by molar-refractivity contribution is 5.50. The topological polar surface area (TPSA) is 89.5 Å². The minimum atomic E-state index is -0.365. The summed E-state index contributed by atoms with van der Waals surface area (Å²) in [6, 6.07) is 10.4. The predicted molar refractivity (Wildman–Crippen MR) is 98.1 cm³/mol. The molecule has 0 aromatic heterocycles. The lowest BCUT2D eigenvalue weighted by atomic mass is 10.1. The van der Waals surface area contributed by atoms with Gasteiger partial charge in [-0.1, -0.05) is 0 Å². The molecule has 1 fully saturated rings. The second-order valence-electron chi connectivity index (χ2n) is 6.89. The molecule has 27 heavy (non-hydrogen) atoms. The molecule has 2 aliphatic heterocycles. The molecule has 0 unspecified atom stereocenters. The third-order valence-corrected chi connectivity index (χ3v) is 5.11. The molecule has 0 spiro atoms. The van der Waals surface area contributed by atoms with Crippen molar-refractivity contribution in [3.05, 3.63) is 57.6 Å².